The molecule has 0 saturated carbocycles. The van der Waals surface area contributed by atoms with Crippen LogP contribution in [-0.2, 0) is 14.3 Å². The largest absolute Gasteiger partial charge is 0.480 e. The van der Waals surface area contributed by atoms with Crippen molar-refractivity contribution in [3.05, 3.63) is 17.8 Å². The van der Waals surface area contributed by atoms with Gasteiger partial charge in [0.25, 0.3) is 11.8 Å². The number of methoxy groups -OCH3 is 1. The molecule has 0 aliphatic carbocycles. The summed E-state index contributed by atoms with van der Waals surface area (Å²) in [5.74, 6) is -1.67. The van der Waals surface area contributed by atoms with E-state index in [4.69, 9.17) is 4.74 Å². The Balaban J connectivity index is 2.42. The van der Waals surface area contributed by atoms with Crippen molar-refractivity contribution in [3.8, 4) is 5.88 Å². The fraction of sp³-hybridized carbons (Fsp3) is 0.300. The number of carbonyl (C=O) groups is 3. The second-order valence-electron chi connectivity index (χ2n) is 3.24. The second-order valence-corrected chi connectivity index (χ2v) is 3.24. The number of nitrogens with zero attached hydrogens (tertiary/aromatic N) is 2. The first kappa shape index (κ1) is 14.4. The molecule has 1 aromatic heterocycles. The summed E-state index contributed by atoms with van der Waals surface area (Å²) in [4.78, 5) is 33.1. The van der Waals surface area contributed by atoms with Gasteiger partial charge in [0, 0.05) is 13.0 Å². The van der Waals surface area contributed by atoms with Crippen molar-refractivity contribution in [2.45, 2.75) is 6.92 Å². The molecule has 0 bridgehead atoms. The predicted molar refractivity (Wildman–Crippen MR) is 60.8 cm³/mol. The Labute approximate surface area is 108 Å². The van der Waals surface area contributed by atoms with Gasteiger partial charge < -0.3 is 9.47 Å². The zero-order valence-electron chi connectivity index (χ0n) is 10.3. The van der Waals surface area contributed by atoms with E-state index in [1.165, 1.54) is 26.2 Å². The summed E-state index contributed by atoms with van der Waals surface area (Å²) in [5.41, 5.74) is 4.13. The molecule has 0 saturated heterocycles. The quantitative estimate of drug-likeness (QED) is 0.520. The van der Waals surface area contributed by atoms with Crippen molar-refractivity contribution in [2.24, 2.45) is 0 Å². The van der Waals surface area contributed by atoms with Crippen LogP contribution < -0.4 is 15.6 Å². The highest BCUT2D eigenvalue weighted by molar-refractivity contribution is 5.93. The van der Waals surface area contributed by atoms with Gasteiger partial charge in [0.05, 0.1) is 7.11 Å². The van der Waals surface area contributed by atoms with Gasteiger partial charge in [-0.15, -0.1) is 10.2 Å². The first-order valence-electron chi connectivity index (χ1n) is 5.13. The van der Waals surface area contributed by atoms with E-state index in [1.807, 2.05) is 0 Å². The summed E-state index contributed by atoms with van der Waals surface area (Å²) in [6, 6.07) is 2.82. The van der Waals surface area contributed by atoms with Gasteiger partial charge in [-0.05, 0) is 6.07 Å². The Bertz CT molecular complexity index is 473. The van der Waals surface area contributed by atoms with Crippen LogP contribution in [0.5, 0.6) is 5.88 Å². The number of hydrazine groups is 1. The Hall–Kier alpha value is -2.71. The molecule has 0 atom stereocenters. The Morgan fingerprint density at radius 1 is 1.21 bits per heavy atom. The molecule has 1 heterocycles. The summed E-state index contributed by atoms with van der Waals surface area (Å²) >= 11 is 0. The zero-order valence-corrected chi connectivity index (χ0v) is 10.3. The van der Waals surface area contributed by atoms with E-state index in [1.54, 1.807) is 0 Å². The van der Waals surface area contributed by atoms with Gasteiger partial charge in [0.15, 0.2) is 12.3 Å². The highest BCUT2D eigenvalue weighted by Crippen LogP contribution is 2.02. The normalized spacial score (nSPS) is 9.37. The second kappa shape index (κ2) is 6.89. The number of aromatic nitrogens is 2. The number of hydrogen-bond acceptors (Lipinski definition) is 7. The lowest BCUT2D eigenvalue weighted by molar-refractivity contribution is -0.146. The van der Waals surface area contributed by atoms with Crippen molar-refractivity contribution in [2.75, 3.05) is 13.7 Å². The summed E-state index contributed by atoms with van der Waals surface area (Å²) in [6.07, 6.45) is 0. The fourth-order valence-electron chi connectivity index (χ4n) is 0.944. The van der Waals surface area contributed by atoms with Crippen molar-refractivity contribution in [3.63, 3.8) is 0 Å². The molecular formula is C10H12N4O5. The van der Waals surface area contributed by atoms with E-state index in [9.17, 15) is 14.4 Å². The fourth-order valence-corrected chi connectivity index (χ4v) is 0.944. The molecule has 0 aliphatic heterocycles. The minimum atomic E-state index is -0.676. The van der Waals surface area contributed by atoms with E-state index < -0.39 is 24.4 Å². The lowest BCUT2D eigenvalue weighted by Gasteiger charge is -2.06. The van der Waals surface area contributed by atoms with Crippen LogP contribution in [0.1, 0.15) is 17.4 Å². The Kier molecular flexibility index (Phi) is 5.20. The molecule has 2 amide bonds. The van der Waals surface area contributed by atoms with E-state index in [0.717, 1.165) is 0 Å². The molecule has 0 aromatic carbocycles. The third-order valence-electron chi connectivity index (χ3n) is 1.80. The van der Waals surface area contributed by atoms with Crippen LogP contribution >= 0.6 is 0 Å². The van der Waals surface area contributed by atoms with Gasteiger partial charge in [0.2, 0.25) is 5.88 Å². The summed E-state index contributed by atoms with van der Waals surface area (Å²) < 4.78 is 9.20. The molecule has 1 rings (SSSR count). The smallest absolute Gasteiger partial charge is 0.303 e. The average Bonchev–Trinajstić information content (AvgIpc) is 2.42. The molecule has 0 unspecified atom stereocenters. The van der Waals surface area contributed by atoms with Crippen molar-refractivity contribution in [1.82, 2.24) is 21.0 Å². The van der Waals surface area contributed by atoms with E-state index >= 15 is 0 Å². The van der Waals surface area contributed by atoms with Gasteiger partial charge >= 0.3 is 5.97 Å². The average molecular weight is 268 g/mol. The van der Waals surface area contributed by atoms with Crippen LogP contribution in [0.2, 0.25) is 0 Å². The van der Waals surface area contributed by atoms with E-state index in [0.29, 0.717) is 0 Å². The van der Waals surface area contributed by atoms with Gasteiger partial charge in [-0.25, -0.2) is 0 Å². The molecule has 2 N–H and O–H groups in total. The number of esters is 1. The van der Waals surface area contributed by atoms with Gasteiger partial charge in [-0.3, -0.25) is 25.2 Å². The summed E-state index contributed by atoms with van der Waals surface area (Å²) in [6.45, 7) is 0.683. The van der Waals surface area contributed by atoms with Gasteiger partial charge in [-0.1, -0.05) is 0 Å². The first-order chi connectivity index (χ1) is 9.02. The molecule has 102 valence electrons. The Morgan fingerprint density at radius 3 is 2.47 bits per heavy atom. The summed E-state index contributed by atoms with van der Waals surface area (Å²) in [7, 11) is 1.42. The number of amides is 2. The standard InChI is InChI=1S/C10H12N4O5/c1-6(15)19-5-8(16)12-14-10(17)7-3-4-9(18-2)13-11-7/h3-4H,5H2,1-2H3,(H,12,16)(H,14,17). The van der Waals surface area contributed by atoms with Gasteiger partial charge in [-0.2, -0.15) is 0 Å². The van der Waals surface area contributed by atoms with Gasteiger partial charge in [0.1, 0.15) is 0 Å². The SMILES string of the molecule is COc1ccc(C(=O)NNC(=O)COC(C)=O)nn1. The molecule has 1 aromatic rings. The van der Waals surface area contributed by atoms with E-state index in [2.05, 4.69) is 25.8 Å². The maximum Gasteiger partial charge on any atom is 0.303 e. The minimum absolute atomic E-state index is 0.00594. The highest BCUT2D eigenvalue weighted by Gasteiger charge is 2.10. The lowest BCUT2D eigenvalue weighted by Crippen LogP contribution is -2.43. The number of nitrogens with one attached hydrogen (secondary N) is 2. The molecule has 0 radical (unpaired) electrons. The van der Waals surface area contributed by atoms with Crippen LogP contribution in [0.3, 0.4) is 0 Å². The monoisotopic (exact) mass is 268 g/mol. The third kappa shape index (κ3) is 4.98. The predicted octanol–water partition coefficient (Wildman–Crippen LogP) is -1.19. The first-order valence-corrected chi connectivity index (χ1v) is 5.13. The third-order valence-corrected chi connectivity index (χ3v) is 1.80. The lowest BCUT2D eigenvalue weighted by atomic mass is 10.4. The summed E-state index contributed by atoms with van der Waals surface area (Å²) in [5, 5.41) is 7.17. The van der Waals surface area contributed by atoms with Crippen LogP contribution in [0.4, 0.5) is 0 Å². The highest BCUT2D eigenvalue weighted by atomic mass is 16.5. The van der Waals surface area contributed by atoms with Crippen LogP contribution in [0, 0.1) is 0 Å². The molecule has 9 heteroatoms. The number of carbonyl (C=O) groups excluding carboxylic acids is 3. The Morgan fingerprint density at radius 2 is 1.95 bits per heavy atom. The number of rotatable bonds is 4. The topological polar surface area (TPSA) is 120 Å². The molecular weight excluding hydrogens is 256 g/mol. The maximum atomic E-state index is 11.5. The molecule has 9 nitrogen and oxygen atoms in total. The number of ether oxygens (including phenoxy) is 2. The zero-order chi connectivity index (χ0) is 14.3. The van der Waals surface area contributed by atoms with Crippen LogP contribution in [0.15, 0.2) is 12.1 Å². The number of hydrogen-bond donors (Lipinski definition) is 2. The van der Waals surface area contributed by atoms with Crippen LogP contribution in [0.25, 0.3) is 0 Å². The molecule has 0 spiro atoms. The molecule has 0 aliphatic rings. The van der Waals surface area contributed by atoms with E-state index in [-0.39, 0.29) is 11.6 Å². The minimum Gasteiger partial charge on any atom is -0.480 e. The molecule has 19 heavy (non-hydrogen) atoms. The van der Waals surface area contributed by atoms with Crippen LogP contribution in [-0.4, -0.2) is 41.7 Å². The maximum absolute atomic E-state index is 11.5. The van der Waals surface area contributed by atoms with Crippen molar-refractivity contribution in [1.29, 1.82) is 0 Å². The molecule has 0 fully saturated rings. The van der Waals surface area contributed by atoms with Crippen molar-refractivity contribution < 1.29 is 23.9 Å². The van der Waals surface area contributed by atoms with Crippen molar-refractivity contribution >= 4 is 17.8 Å².